The second kappa shape index (κ2) is 9.36. The van der Waals surface area contributed by atoms with Gasteiger partial charge in [0.25, 0.3) is 5.79 Å². The molecule has 2 rings (SSSR count). The maximum Gasteiger partial charge on any atom is 0.405 e. The van der Waals surface area contributed by atoms with Gasteiger partial charge in [-0.2, -0.15) is 0 Å². The van der Waals surface area contributed by atoms with E-state index >= 15 is 0 Å². The van der Waals surface area contributed by atoms with Crippen molar-refractivity contribution >= 4 is 20.1 Å². The molecule has 0 aromatic heterocycles. The van der Waals surface area contributed by atoms with E-state index in [1.54, 1.807) is 19.2 Å². The summed E-state index contributed by atoms with van der Waals surface area (Å²) in [5, 5.41) is 15.1. The first kappa shape index (κ1) is 24.2. The molecular formula is C21H34N2O6Si. The summed E-state index contributed by atoms with van der Waals surface area (Å²) in [6.45, 7) is 11.4. The summed E-state index contributed by atoms with van der Waals surface area (Å²) in [5.41, 5.74) is 6.71. The van der Waals surface area contributed by atoms with E-state index in [0.717, 1.165) is 5.56 Å². The lowest BCUT2D eigenvalue weighted by molar-refractivity contribution is -0.239. The molecule has 0 spiro atoms. The van der Waals surface area contributed by atoms with Crippen LogP contribution in [-0.2, 0) is 20.4 Å². The fourth-order valence-corrected chi connectivity index (χ4v) is 3.90. The summed E-state index contributed by atoms with van der Waals surface area (Å²) in [6, 6.07) is 7.22. The number of carbonyl (C=O) groups is 1. The first-order valence-corrected chi connectivity index (χ1v) is 13.0. The Balaban J connectivity index is 2.00. The summed E-state index contributed by atoms with van der Waals surface area (Å²) in [7, 11) is -0.289. The molecule has 0 saturated carbocycles. The van der Waals surface area contributed by atoms with Gasteiger partial charge in [0.15, 0.2) is 14.4 Å². The van der Waals surface area contributed by atoms with Crippen LogP contribution < -0.4 is 10.5 Å². The molecule has 0 aliphatic carbocycles. The van der Waals surface area contributed by atoms with Gasteiger partial charge in [-0.15, -0.1) is 0 Å². The van der Waals surface area contributed by atoms with Crippen molar-refractivity contribution in [3.05, 3.63) is 29.8 Å². The van der Waals surface area contributed by atoms with E-state index in [2.05, 4.69) is 39.0 Å². The Morgan fingerprint density at radius 1 is 1.33 bits per heavy atom. The highest BCUT2D eigenvalue weighted by Crippen LogP contribution is 2.37. The third kappa shape index (κ3) is 6.20. The van der Waals surface area contributed by atoms with Crippen molar-refractivity contribution in [3.8, 4) is 5.75 Å². The van der Waals surface area contributed by atoms with Crippen molar-refractivity contribution in [2.45, 2.75) is 70.1 Å². The average Bonchev–Trinajstić information content (AvgIpc) is 3.03. The van der Waals surface area contributed by atoms with E-state index in [4.69, 9.17) is 24.5 Å². The molecule has 2 atom stereocenters. The summed E-state index contributed by atoms with van der Waals surface area (Å²) in [6.07, 6.45) is -1.14. The minimum Gasteiger partial charge on any atom is -0.497 e. The monoisotopic (exact) mass is 438 g/mol. The number of amides is 1. The van der Waals surface area contributed by atoms with Gasteiger partial charge in [0.1, 0.15) is 5.75 Å². The number of primary amides is 1. The SMILES string of the molecule is COc1ccc(C[C@H](OC(N)=O)C2(O)CC(CCO[Si](C)(C)C(C)(C)C)=NO2)cc1. The van der Waals surface area contributed by atoms with Crippen LogP contribution in [0.15, 0.2) is 29.4 Å². The summed E-state index contributed by atoms with van der Waals surface area (Å²) in [4.78, 5) is 16.7. The van der Waals surface area contributed by atoms with Gasteiger partial charge in [0.05, 0.1) is 19.2 Å². The molecule has 1 aliphatic heterocycles. The smallest absolute Gasteiger partial charge is 0.405 e. The molecular weight excluding hydrogens is 404 g/mol. The predicted octanol–water partition coefficient (Wildman–Crippen LogP) is 3.58. The van der Waals surface area contributed by atoms with Gasteiger partial charge in [-0.25, -0.2) is 4.79 Å². The second-order valence-electron chi connectivity index (χ2n) is 9.11. The van der Waals surface area contributed by atoms with Crippen molar-refractivity contribution in [2.75, 3.05) is 13.7 Å². The molecule has 1 amide bonds. The zero-order chi connectivity index (χ0) is 22.6. The zero-order valence-corrected chi connectivity index (χ0v) is 19.7. The lowest BCUT2D eigenvalue weighted by Crippen LogP contribution is -2.47. The number of hydrogen-bond acceptors (Lipinski definition) is 7. The molecule has 9 heteroatoms. The standard InChI is InChI=1S/C21H34N2O6Si/c1-20(2,3)30(5,6)27-12-11-16-14-21(25,29-23-16)18(28-19(22)24)13-15-7-9-17(26-4)10-8-15/h7-10,18,25H,11-14H2,1-6H3,(H2,22,24)/t18-,21?/m0/s1. The Morgan fingerprint density at radius 2 is 1.97 bits per heavy atom. The fraction of sp³-hybridized carbons (Fsp3) is 0.619. The lowest BCUT2D eigenvalue weighted by atomic mass is 9.96. The molecule has 0 radical (unpaired) electrons. The minimum atomic E-state index is -1.87. The van der Waals surface area contributed by atoms with Crippen molar-refractivity contribution in [3.63, 3.8) is 0 Å². The molecule has 0 bridgehead atoms. The lowest BCUT2D eigenvalue weighted by Gasteiger charge is -2.36. The molecule has 0 fully saturated rings. The molecule has 30 heavy (non-hydrogen) atoms. The third-order valence-electron chi connectivity index (χ3n) is 5.79. The molecule has 8 nitrogen and oxygen atoms in total. The number of methoxy groups -OCH3 is 1. The van der Waals surface area contributed by atoms with Crippen molar-refractivity contribution < 1.29 is 28.6 Å². The van der Waals surface area contributed by atoms with Crippen molar-refractivity contribution in [2.24, 2.45) is 10.9 Å². The van der Waals surface area contributed by atoms with E-state index < -0.39 is 26.3 Å². The van der Waals surface area contributed by atoms with E-state index in [0.29, 0.717) is 24.5 Å². The Morgan fingerprint density at radius 3 is 2.50 bits per heavy atom. The number of oxime groups is 1. The summed E-state index contributed by atoms with van der Waals surface area (Å²) in [5.74, 6) is -1.07. The van der Waals surface area contributed by atoms with Crippen LogP contribution in [0.5, 0.6) is 5.75 Å². The first-order chi connectivity index (χ1) is 13.9. The topological polar surface area (TPSA) is 113 Å². The van der Waals surface area contributed by atoms with Crippen LogP contribution in [0, 0.1) is 0 Å². The molecule has 1 aromatic rings. The number of ether oxygens (including phenoxy) is 2. The largest absolute Gasteiger partial charge is 0.497 e. The highest BCUT2D eigenvalue weighted by Gasteiger charge is 2.47. The summed E-state index contributed by atoms with van der Waals surface area (Å²) >= 11 is 0. The number of hydrogen-bond donors (Lipinski definition) is 2. The van der Waals surface area contributed by atoms with Gasteiger partial charge in [0.2, 0.25) is 0 Å². The fourth-order valence-electron chi connectivity index (χ4n) is 2.86. The van der Waals surface area contributed by atoms with E-state index in [1.807, 2.05) is 12.1 Å². The van der Waals surface area contributed by atoms with Crippen LogP contribution in [0.25, 0.3) is 0 Å². The number of aliphatic hydroxyl groups is 1. The first-order valence-electron chi connectivity index (χ1n) is 10.1. The molecule has 3 N–H and O–H groups in total. The van der Waals surface area contributed by atoms with Gasteiger partial charge in [0, 0.05) is 19.4 Å². The van der Waals surface area contributed by atoms with Crippen LogP contribution in [0.3, 0.4) is 0 Å². The van der Waals surface area contributed by atoms with E-state index in [-0.39, 0.29) is 17.9 Å². The predicted molar refractivity (Wildman–Crippen MR) is 117 cm³/mol. The molecule has 1 heterocycles. The Bertz CT molecular complexity index is 760. The van der Waals surface area contributed by atoms with Crippen LogP contribution in [0.2, 0.25) is 18.1 Å². The van der Waals surface area contributed by atoms with Crippen LogP contribution in [0.1, 0.15) is 39.2 Å². The average molecular weight is 439 g/mol. The van der Waals surface area contributed by atoms with Crippen molar-refractivity contribution in [1.82, 2.24) is 0 Å². The normalized spacial score (nSPS) is 20.3. The van der Waals surface area contributed by atoms with E-state index in [9.17, 15) is 9.90 Å². The number of carbonyl (C=O) groups excluding carboxylic acids is 1. The zero-order valence-electron chi connectivity index (χ0n) is 18.7. The van der Waals surface area contributed by atoms with Gasteiger partial charge < -0.3 is 29.6 Å². The molecule has 0 saturated heterocycles. The number of rotatable bonds is 9. The maximum atomic E-state index is 11.4. The summed E-state index contributed by atoms with van der Waals surface area (Å²) < 4.78 is 16.5. The van der Waals surface area contributed by atoms with Crippen LogP contribution >= 0.6 is 0 Å². The number of nitrogens with two attached hydrogens (primary N) is 1. The third-order valence-corrected chi connectivity index (χ3v) is 10.3. The molecule has 1 unspecified atom stereocenters. The van der Waals surface area contributed by atoms with Gasteiger partial charge in [-0.3, -0.25) is 0 Å². The number of benzene rings is 1. The van der Waals surface area contributed by atoms with Gasteiger partial charge in [-0.05, 0) is 35.8 Å². The molecule has 168 valence electrons. The molecule has 1 aromatic carbocycles. The van der Waals surface area contributed by atoms with Gasteiger partial charge >= 0.3 is 6.09 Å². The van der Waals surface area contributed by atoms with Gasteiger partial charge in [-0.1, -0.05) is 38.1 Å². The van der Waals surface area contributed by atoms with Crippen LogP contribution in [0.4, 0.5) is 4.79 Å². The highest BCUT2D eigenvalue weighted by molar-refractivity contribution is 6.74. The highest BCUT2D eigenvalue weighted by atomic mass is 28.4. The van der Waals surface area contributed by atoms with E-state index in [1.165, 1.54) is 0 Å². The Labute approximate surface area is 179 Å². The second-order valence-corrected chi connectivity index (χ2v) is 13.9. The Kier molecular flexibility index (Phi) is 7.54. The van der Waals surface area contributed by atoms with Crippen LogP contribution in [-0.4, -0.2) is 50.8 Å². The Hall–Kier alpha value is -2.10. The quantitative estimate of drug-likeness (QED) is 0.570. The maximum absolute atomic E-state index is 11.4. The molecule has 1 aliphatic rings. The number of nitrogens with zero attached hydrogens (tertiary/aromatic N) is 1. The minimum absolute atomic E-state index is 0.112. The van der Waals surface area contributed by atoms with Crippen molar-refractivity contribution in [1.29, 1.82) is 0 Å².